The second-order valence-electron chi connectivity index (χ2n) is 6.36. The lowest BCUT2D eigenvalue weighted by Gasteiger charge is -2.21. The zero-order valence-electron chi connectivity index (χ0n) is 13.6. The minimum absolute atomic E-state index is 0.0276. The summed E-state index contributed by atoms with van der Waals surface area (Å²) in [5.74, 6) is -1.25. The van der Waals surface area contributed by atoms with Gasteiger partial charge in [0.05, 0.1) is 11.1 Å². The van der Waals surface area contributed by atoms with Crippen molar-refractivity contribution in [2.75, 3.05) is 5.73 Å². The van der Waals surface area contributed by atoms with Crippen LogP contribution in [0.5, 0.6) is 0 Å². The quantitative estimate of drug-likeness (QED) is 0.743. The van der Waals surface area contributed by atoms with Crippen LogP contribution in [0, 0.1) is 5.92 Å². The number of amidine groups is 1. The second kappa shape index (κ2) is 5.30. The van der Waals surface area contributed by atoms with Crippen LogP contribution in [-0.2, 0) is 4.79 Å². The van der Waals surface area contributed by atoms with Gasteiger partial charge in [0.1, 0.15) is 11.2 Å². The van der Waals surface area contributed by atoms with Gasteiger partial charge in [-0.1, -0.05) is 13.8 Å². The fourth-order valence-electron chi connectivity index (χ4n) is 2.59. The number of carboxylic acid groups (broad SMARTS) is 1. The molecule has 0 saturated heterocycles. The number of carbonyl (C=O) groups excluding carboxylic acids is 1. The van der Waals surface area contributed by atoms with Gasteiger partial charge in [0.2, 0.25) is 0 Å². The molecule has 0 aliphatic carbocycles. The molecule has 1 amide bonds. The Balaban J connectivity index is 2.22. The third-order valence-electron chi connectivity index (χ3n) is 4.45. The summed E-state index contributed by atoms with van der Waals surface area (Å²) in [6.07, 6.45) is 0. The second-order valence-corrected chi connectivity index (χ2v) is 6.36. The summed E-state index contributed by atoms with van der Waals surface area (Å²) in [4.78, 5) is 32.8. The molecule has 7 nitrogen and oxygen atoms in total. The SMILES string of the molecule is CC(C)C1(C)N=C(c2nc3ccc(N)cc3cc2C(=O)O)NC1=O. The fraction of sp³-hybridized carbons (Fsp3) is 0.294. The van der Waals surface area contributed by atoms with Crippen LogP contribution in [0.3, 0.4) is 0 Å². The predicted molar refractivity (Wildman–Crippen MR) is 91.0 cm³/mol. The number of aromatic nitrogens is 1. The molecule has 4 N–H and O–H groups in total. The maximum absolute atomic E-state index is 12.3. The lowest BCUT2D eigenvalue weighted by molar-refractivity contribution is -0.124. The van der Waals surface area contributed by atoms with Gasteiger partial charge in [-0.25, -0.2) is 14.8 Å². The molecular formula is C17H18N4O3. The number of rotatable bonds is 3. The number of hydrogen-bond acceptors (Lipinski definition) is 5. The first-order valence-electron chi connectivity index (χ1n) is 7.57. The van der Waals surface area contributed by atoms with Crippen LogP contribution >= 0.6 is 0 Å². The Morgan fingerprint density at radius 2 is 2.04 bits per heavy atom. The number of carbonyl (C=O) groups is 2. The number of hydrogen-bond donors (Lipinski definition) is 3. The van der Waals surface area contributed by atoms with Crippen LogP contribution in [0.15, 0.2) is 29.3 Å². The van der Waals surface area contributed by atoms with Crippen LogP contribution in [-0.4, -0.2) is 33.3 Å². The third kappa shape index (κ3) is 2.38. The first kappa shape index (κ1) is 15.9. The molecule has 3 rings (SSSR count). The van der Waals surface area contributed by atoms with Crippen LogP contribution in [0.4, 0.5) is 5.69 Å². The van der Waals surface area contributed by atoms with Crippen molar-refractivity contribution in [2.24, 2.45) is 10.9 Å². The van der Waals surface area contributed by atoms with E-state index in [1.54, 1.807) is 25.1 Å². The number of anilines is 1. The van der Waals surface area contributed by atoms with E-state index in [1.807, 2.05) is 13.8 Å². The molecule has 2 heterocycles. The number of pyridine rings is 1. The number of nitrogen functional groups attached to an aromatic ring is 1. The molecule has 1 atom stereocenters. The molecule has 1 aromatic heterocycles. The first-order chi connectivity index (χ1) is 11.2. The maximum Gasteiger partial charge on any atom is 0.338 e. The Hall–Kier alpha value is -2.96. The van der Waals surface area contributed by atoms with Crippen molar-refractivity contribution in [3.05, 3.63) is 35.5 Å². The number of nitrogens with one attached hydrogen (secondary N) is 1. The van der Waals surface area contributed by atoms with Crippen molar-refractivity contribution in [3.8, 4) is 0 Å². The lowest BCUT2D eigenvalue weighted by Crippen LogP contribution is -2.41. The summed E-state index contributed by atoms with van der Waals surface area (Å²) in [7, 11) is 0. The van der Waals surface area contributed by atoms with E-state index in [0.717, 1.165) is 0 Å². The predicted octanol–water partition coefficient (Wildman–Crippen LogP) is 1.81. The zero-order chi connectivity index (χ0) is 17.6. The molecule has 7 heteroatoms. The van der Waals surface area contributed by atoms with Gasteiger partial charge in [-0.15, -0.1) is 0 Å². The highest BCUT2D eigenvalue weighted by molar-refractivity contribution is 6.18. The fourth-order valence-corrected chi connectivity index (χ4v) is 2.59. The van der Waals surface area contributed by atoms with E-state index >= 15 is 0 Å². The number of aliphatic imine (C=N–C) groups is 1. The number of nitrogens with zero attached hydrogens (tertiary/aromatic N) is 2. The molecule has 0 saturated carbocycles. The number of nitrogens with two attached hydrogens (primary N) is 1. The number of amides is 1. The Kier molecular flexibility index (Phi) is 3.51. The molecule has 1 aromatic carbocycles. The molecule has 0 fully saturated rings. The largest absolute Gasteiger partial charge is 0.478 e. The van der Waals surface area contributed by atoms with E-state index in [1.165, 1.54) is 6.07 Å². The Labute approximate surface area is 138 Å². The van der Waals surface area contributed by atoms with Crippen molar-refractivity contribution < 1.29 is 14.7 Å². The van der Waals surface area contributed by atoms with Crippen LogP contribution in [0.1, 0.15) is 36.8 Å². The molecule has 0 radical (unpaired) electrons. The van der Waals surface area contributed by atoms with E-state index in [9.17, 15) is 14.7 Å². The van der Waals surface area contributed by atoms with Gasteiger partial charge in [-0.3, -0.25) is 4.79 Å². The standard InChI is InChI=1S/C17H18N4O3/c1-8(2)17(3)16(24)20-14(21-17)13-11(15(22)23)7-9-6-10(18)4-5-12(9)19-13/h4-8H,18H2,1-3H3,(H,22,23)(H,20,21,24). The zero-order valence-corrected chi connectivity index (χ0v) is 13.6. The summed E-state index contributed by atoms with van der Waals surface area (Å²) in [6.45, 7) is 5.50. The van der Waals surface area contributed by atoms with E-state index in [-0.39, 0.29) is 28.9 Å². The van der Waals surface area contributed by atoms with E-state index in [2.05, 4.69) is 15.3 Å². The minimum atomic E-state index is -1.14. The van der Waals surface area contributed by atoms with Gasteiger partial charge < -0.3 is 16.2 Å². The molecule has 1 unspecified atom stereocenters. The molecule has 2 aromatic rings. The molecule has 1 aliphatic heterocycles. The Bertz CT molecular complexity index is 904. The lowest BCUT2D eigenvalue weighted by atomic mass is 9.89. The molecular weight excluding hydrogens is 308 g/mol. The smallest absolute Gasteiger partial charge is 0.338 e. The van der Waals surface area contributed by atoms with Gasteiger partial charge in [-0.2, -0.15) is 0 Å². The van der Waals surface area contributed by atoms with Crippen molar-refractivity contribution in [1.82, 2.24) is 10.3 Å². The molecule has 0 bridgehead atoms. The summed E-state index contributed by atoms with van der Waals surface area (Å²) >= 11 is 0. The number of aromatic carboxylic acids is 1. The molecule has 24 heavy (non-hydrogen) atoms. The summed E-state index contributed by atoms with van der Waals surface area (Å²) < 4.78 is 0. The summed E-state index contributed by atoms with van der Waals surface area (Å²) in [6, 6.07) is 6.55. The summed E-state index contributed by atoms with van der Waals surface area (Å²) in [5.41, 5.74) is 6.03. The van der Waals surface area contributed by atoms with Crippen LogP contribution < -0.4 is 11.1 Å². The average Bonchev–Trinajstić information content (AvgIpc) is 2.82. The third-order valence-corrected chi connectivity index (χ3v) is 4.45. The molecule has 124 valence electrons. The highest BCUT2D eigenvalue weighted by Crippen LogP contribution is 2.28. The van der Waals surface area contributed by atoms with Gasteiger partial charge in [0.25, 0.3) is 5.91 Å². The van der Waals surface area contributed by atoms with Gasteiger partial charge in [0.15, 0.2) is 5.84 Å². The highest BCUT2D eigenvalue weighted by Gasteiger charge is 2.43. The number of carboxylic acids is 1. The van der Waals surface area contributed by atoms with Crippen molar-refractivity contribution in [2.45, 2.75) is 26.3 Å². The Morgan fingerprint density at radius 1 is 1.33 bits per heavy atom. The topological polar surface area (TPSA) is 118 Å². The highest BCUT2D eigenvalue weighted by atomic mass is 16.4. The first-order valence-corrected chi connectivity index (χ1v) is 7.57. The van der Waals surface area contributed by atoms with Gasteiger partial charge >= 0.3 is 5.97 Å². The summed E-state index contributed by atoms with van der Waals surface area (Å²) in [5, 5.41) is 12.8. The normalized spacial score (nSPS) is 20.3. The number of fused-ring (bicyclic) bond motifs is 1. The van der Waals surface area contributed by atoms with Gasteiger partial charge in [-0.05, 0) is 37.1 Å². The van der Waals surface area contributed by atoms with E-state index in [4.69, 9.17) is 5.73 Å². The monoisotopic (exact) mass is 326 g/mol. The van der Waals surface area contributed by atoms with Crippen LogP contribution in [0.25, 0.3) is 10.9 Å². The molecule has 1 aliphatic rings. The van der Waals surface area contributed by atoms with Crippen molar-refractivity contribution in [3.63, 3.8) is 0 Å². The van der Waals surface area contributed by atoms with E-state index < -0.39 is 11.5 Å². The average molecular weight is 326 g/mol. The Morgan fingerprint density at radius 3 is 2.62 bits per heavy atom. The van der Waals surface area contributed by atoms with Crippen molar-refractivity contribution in [1.29, 1.82) is 0 Å². The minimum Gasteiger partial charge on any atom is -0.478 e. The van der Waals surface area contributed by atoms with Crippen molar-refractivity contribution >= 4 is 34.3 Å². The van der Waals surface area contributed by atoms with Gasteiger partial charge in [0, 0.05) is 11.1 Å². The van der Waals surface area contributed by atoms with E-state index in [0.29, 0.717) is 16.6 Å². The molecule has 0 spiro atoms. The van der Waals surface area contributed by atoms with Crippen LogP contribution in [0.2, 0.25) is 0 Å². The maximum atomic E-state index is 12.3. The number of benzene rings is 1.